The van der Waals surface area contributed by atoms with Crippen molar-refractivity contribution in [3.8, 4) is 5.75 Å². The van der Waals surface area contributed by atoms with Gasteiger partial charge in [-0.2, -0.15) is 0 Å². The third-order valence-electron chi connectivity index (χ3n) is 3.07. The molecular weight excluding hydrogens is 346 g/mol. The average Bonchev–Trinajstić information content (AvgIpc) is 2.29. The first-order valence-corrected chi connectivity index (χ1v) is 7.59. The molecule has 1 aromatic rings. The second-order valence-corrected chi connectivity index (χ2v) is 6.59. The normalized spacial score (nSPS) is 21.5. The molecule has 1 fully saturated rings. The van der Waals surface area contributed by atoms with Crippen molar-refractivity contribution in [1.82, 2.24) is 4.90 Å². The summed E-state index contributed by atoms with van der Waals surface area (Å²) in [6.45, 7) is 3.36. The minimum absolute atomic E-state index is 0.651. The summed E-state index contributed by atoms with van der Waals surface area (Å²) in [5.41, 5.74) is 1.33. The summed E-state index contributed by atoms with van der Waals surface area (Å²) in [5, 5.41) is 0. The Morgan fingerprint density at radius 2 is 2.29 bits per heavy atom. The first-order valence-electron chi connectivity index (χ1n) is 5.88. The fourth-order valence-corrected chi connectivity index (χ4v) is 3.53. The molecule has 2 rings (SSSR count). The molecule has 0 spiro atoms. The number of benzene rings is 1. The van der Waals surface area contributed by atoms with Gasteiger partial charge in [0, 0.05) is 17.9 Å². The van der Waals surface area contributed by atoms with Crippen LogP contribution < -0.4 is 4.74 Å². The van der Waals surface area contributed by atoms with E-state index in [-0.39, 0.29) is 0 Å². The molecule has 1 aromatic carbocycles. The number of nitrogens with zero attached hydrogens (tertiary/aromatic N) is 1. The molecule has 1 aliphatic rings. The zero-order valence-corrected chi connectivity index (χ0v) is 13.1. The van der Waals surface area contributed by atoms with E-state index in [1.165, 1.54) is 24.9 Å². The molecule has 0 bridgehead atoms. The van der Waals surface area contributed by atoms with E-state index >= 15 is 0 Å². The Balaban J connectivity index is 2.00. The van der Waals surface area contributed by atoms with Crippen molar-refractivity contribution in [2.45, 2.75) is 24.2 Å². The van der Waals surface area contributed by atoms with Crippen molar-refractivity contribution >= 4 is 31.9 Å². The Morgan fingerprint density at radius 3 is 2.94 bits per heavy atom. The molecule has 1 atom stereocenters. The van der Waals surface area contributed by atoms with Gasteiger partial charge in [0.15, 0.2) is 0 Å². The number of halogens is 2. The summed E-state index contributed by atoms with van der Waals surface area (Å²) < 4.78 is 6.27. The lowest BCUT2D eigenvalue weighted by Gasteiger charge is -2.30. The summed E-state index contributed by atoms with van der Waals surface area (Å²) in [6.07, 6.45) is 2.58. The zero-order valence-electron chi connectivity index (χ0n) is 9.96. The summed E-state index contributed by atoms with van der Waals surface area (Å²) >= 11 is 7.24. The Hall–Kier alpha value is -0.0600. The number of hydrogen-bond acceptors (Lipinski definition) is 2. The lowest BCUT2D eigenvalue weighted by Crippen LogP contribution is -2.35. The van der Waals surface area contributed by atoms with Crippen LogP contribution in [0, 0.1) is 0 Å². The Bertz CT molecular complexity index is 384. The highest BCUT2D eigenvalue weighted by atomic mass is 79.9. The standard InChI is InChI=1S/C13H17Br2NO/c1-17-13-5-4-10(7-12(13)15)8-16-6-2-3-11(14)9-16/h4-5,7,11H,2-3,6,8-9H2,1H3. The number of rotatable bonds is 3. The van der Waals surface area contributed by atoms with E-state index in [1.807, 2.05) is 6.07 Å². The van der Waals surface area contributed by atoms with Crippen LogP contribution in [0.2, 0.25) is 0 Å². The highest BCUT2D eigenvalue weighted by molar-refractivity contribution is 9.10. The molecule has 94 valence electrons. The number of piperidine rings is 1. The van der Waals surface area contributed by atoms with Crippen molar-refractivity contribution in [1.29, 1.82) is 0 Å². The molecule has 0 saturated carbocycles. The van der Waals surface area contributed by atoms with Crippen molar-refractivity contribution in [3.63, 3.8) is 0 Å². The molecular formula is C13H17Br2NO. The molecule has 2 nitrogen and oxygen atoms in total. The van der Waals surface area contributed by atoms with Crippen LogP contribution in [0.1, 0.15) is 18.4 Å². The van der Waals surface area contributed by atoms with Crippen LogP contribution in [-0.2, 0) is 6.54 Å². The smallest absolute Gasteiger partial charge is 0.133 e. The number of ether oxygens (including phenoxy) is 1. The Kier molecular flexibility index (Phi) is 4.88. The van der Waals surface area contributed by atoms with Gasteiger partial charge in [-0.3, -0.25) is 4.90 Å². The summed E-state index contributed by atoms with van der Waals surface area (Å²) in [6, 6.07) is 6.31. The van der Waals surface area contributed by atoms with Gasteiger partial charge in [0.2, 0.25) is 0 Å². The number of likely N-dealkylation sites (tertiary alicyclic amines) is 1. The van der Waals surface area contributed by atoms with Crippen LogP contribution in [0.3, 0.4) is 0 Å². The average molecular weight is 363 g/mol. The monoisotopic (exact) mass is 361 g/mol. The van der Waals surface area contributed by atoms with E-state index in [9.17, 15) is 0 Å². The summed E-state index contributed by atoms with van der Waals surface area (Å²) in [7, 11) is 1.69. The summed E-state index contributed by atoms with van der Waals surface area (Å²) in [5.74, 6) is 0.894. The molecule has 0 N–H and O–H groups in total. The van der Waals surface area contributed by atoms with Gasteiger partial charge in [-0.1, -0.05) is 22.0 Å². The molecule has 0 aliphatic carbocycles. The lowest BCUT2D eigenvalue weighted by molar-refractivity contribution is 0.227. The van der Waals surface area contributed by atoms with E-state index in [4.69, 9.17) is 4.74 Å². The maximum absolute atomic E-state index is 5.24. The number of methoxy groups -OCH3 is 1. The molecule has 1 unspecified atom stereocenters. The Labute approximate surface area is 120 Å². The largest absolute Gasteiger partial charge is 0.496 e. The van der Waals surface area contributed by atoms with Gasteiger partial charge in [0.05, 0.1) is 11.6 Å². The summed E-state index contributed by atoms with van der Waals surface area (Å²) in [4.78, 5) is 3.15. The predicted molar refractivity (Wildman–Crippen MR) is 77.9 cm³/mol. The van der Waals surface area contributed by atoms with E-state index in [0.717, 1.165) is 23.3 Å². The van der Waals surface area contributed by atoms with Gasteiger partial charge in [-0.05, 0) is 53.0 Å². The minimum Gasteiger partial charge on any atom is -0.496 e. The fraction of sp³-hybridized carbons (Fsp3) is 0.538. The van der Waals surface area contributed by atoms with Crippen molar-refractivity contribution in [2.24, 2.45) is 0 Å². The SMILES string of the molecule is COc1ccc(CN2CCCC(Br)C2)cc1Br. The van der Waals surface area contributed by atoms with Crippen molar-refractivity contribution < 1.29 is 4.74 Å². The van der Waals surface area contributed by atoms with Gasteiger partial charge in [0.1, 0.15) is 5.75 Å². The second kappa shape index (κ2) is 6.21. The van der Waals surface area contributed by atoms with Gasteiger partial charge in [-0.15, -0.1) is 0 Å². The Morgan fingerprint density at radius 1 is 1.47 bits per heavy atom. The molecule has 4 heteroatoms. The molecule has 1 saturated heterocycles. The first-order chi connectivity index (χ1) is 8.19. The lowest BCUT2D eigenvalue weighted by atomic mass is 10.1. The minimum atomic E-state index is 0.651. The van der Waals surface area contributed by atoms with E-state index in [2.05, 4.69) is 48.9 Å². The van der Waals surface area contributed by atoms with E-state index in [1.54, 1.807) is 7.11 Å². The van der Waals surface area contributed by atoms with Gasteiger partial charge >= 0.3 is 0 Å². The van der Waals surface area contributed by atoms with E-state index < -0.39 is 0 Å². The third kappa shape index (κ3) is 3.70. The highest BCUT2D eigenvalue weighted by Crippen LogP contribution is 2.27. The third-order valence-corrected chi connectivity index (χ3v) is 4.44. The fourth-order valence-electron chi connectivity index (χ4n) is 2.21. The first kappa shape index (κ1) is 13.4. The molecule has 0 amide bonds. The molecule has 1 heterocycles. The molecule has 1 aliphatic heterocycles. The van der Waals surface area contributed by atoms with Crippen LogP contribution in [-0.4, -0.2) is 29.9 Å². The molecule has 17 heavy (non-hydrogen) atoms. The van der Waals surface area contributed by atoms with Crippen molar-refractivity contribution in [2.75, 3.05) is 20.2 Å². The van der Waals surface area contributed by atoms with E-state index in [0.29, 0.717) is 4.83 Å². The molecule has 0 aromatic heterocycles. The molecule has 0 radical (unpaired) electrons. The second-order valence-electron chi connectivity index (χ2n) is 4.44. The number of hydrogen-bond donors (Lipinski definition) is 0. The maximum atomic E-state index is 5.24. The number of alkyl halides is 1. The van der Waals surface area contributed by atoms with Crippen LogP contribution in [0.4, 0.5) is 0 Å². The van der Waals surface area contributed by atoms with Gasteiger partial charge in [-0.25, -0.2) is 0 Å². The van der Waals surface area contributed by atoms with Gasteiger partial charge < -0.3 is 4.74 Å². The van der Waals surface area contributed by atoms with Crippen LogP contribution in [0.15, 0.2) is 22.7 Å². The zero-order chi connectivity index (χ0) is 12.3. The quantitative estimate of drug-likeness (QED) is 0.758. The van der Waals surface area contributed by atoms with Crippen LogP contribution in [0.25, 0.3) is 0 Å². The van der Waals surface area contributed by atoms with Crippen LogP contribution >= 0.6 is 31.9 Å². The van der Waals surface area contributed by atoms with Crippen molar-refractivity contribution in [3.05, 3.63) is 28.2 Å². The predicted octanol–water partition coefficient (Wildman–Crippen LogP) is 3.82. The van der Waals surface area contributed by atoms with Gasteiger partial charge in [0.25, 0.3) is 0 Å². The van der Waals surface area contributed by atoms with Crippen LogP contribution in [0.5, 0.6) is 5.75 Å². The highest BCUT2D eigenvalue weighted by Gasteiger charge is 2.17. The topological polar surface area (TPSA) is 12.5 Å². The maximum Gasteiger partial charge on any atom is 0.133 e.